The van der Waals surface area contributed by atoms with Gasteiger partial charge in [-0.25, -0.2) is 4.79 Å². The van der Waals surface area contributed by atoms with Crippen molar-refractivity contribution < 1.29 is 9.53 Å². The summed E-state index contributed by atoms with van der Waals surface area (Å²) in [4.78, 5) is 13.9. The maximum atomic E-state index is 11.6. The minimum atomic E-state index is -0.285. The Labute approximate surface area is 121 Å². The lowest BCUT2D eigenvalue weighted by Crippen LogP contribution is -2.33. The van der Waals surface area contributed by atoms with Crippen LogP contribution in [0.1, 0.15) is 28.8 Å². The standard InChI is InChI=1S/C16H24N2O2/c1-12-4-5-14(16(19)20-3)10-15(12)17-11-13-6-8-18(2)9-7-13/h4-5,10,13,17H,6-9,11H2,1-3H3. The maximum absolute atomic E-state index is 11.6. The first-order valence-electron chi connectivity index (χ1n) is 7.21. The van der Waals surface area contributed by atoms with Crippen molar-refractivity contribution in [3.05, 3.63) is 29.3 Å². The van der Waals surface area contributed by atoms with E-state index >= 15 is 0 Å². The molecule has 1 aliphatic rings. The molecule has 1 heterocycles. The molecule has 1 fully saturated rings. The van der Waals surface area contributed by atoms with Gasteiger partial charge in [0, 0.05) is 12.2 Å². The van der Waals surface area contributed by atoms with Gasteiger partial charge in [-0.2, -0.15) is 0 Å². The Kier molecular flexibility index (Phi) is 5.01. The van der Waals surface area contributed by atoms with Crippen LogP contribution < -0.4 is 5.32 Å². The summed E-state index contributed by atoms with van der Waals surface area (Å²) in [5, 5.41) is 3.49. The van der Waals surface area contributed by atoms with E-state index in [0.29, 0.717) is 11.5 Å². The van der Waals surface area contributed by atoms with Gasteiger partial charge in [-0.3, -0.25) is 0 Å². The van der Waals surface area contributed by atoms with Gasteiger partial charge in [0.1, 0.15) is 0 Å². The second-order valence-corrected chi connectivity index (χ2v) is 5.65. The zero-order valence-electron chi connectivity index (χ0n) is 12.6. The van der Waals surface area contributed by atoms with E-state index in [0.717, 1.165) is 17.8 Å². The second kappa shape index (κ2) is 6.75. The van der Waals surface area contributed by atoms with Gasteiger partial charge in [-0.05, 0) is 63.5 Å². The van der Waals surface area contributed by atoms with Crippen molar-refractivity contribution in [3.8, 4) is 0 Å². The first-order valence-corrected chi connectivity index (χ1v) is 7.21. The fraction of sp³-hybridized carbons (Fsp3) is 0.562. The maximum Gasteiger partial charge on any atom is 0.337 e. The molecular weight excluding hydrogens is 252 g/mol. The topological polar surface area (TPSA) is 41.6 Å². The van der Waals surface area contributed by atoms with Crippen molar-refractivity contribution in [2.24, 2.45) is 5.92 Å². The number of nitrogens with one attached hydrogen (secondary N) is 1. The number of methoxy groups -OCH3 is 1. The molecule has 0 spiro atoms. The minimum Gasteiger partial charge on any atom is -0.465 e. The lowest BCUT2D eigenvalue weighted by Gasteiger charge is -2.29. The van der Waals surface area contributed by atoms with E-state index in [2.05, 4.69) is 24.2 Å². The normalized spacial score (nSPS) is 16.9. The van der Waals surface area contributed by atoms with E-state index in [1.807, 2.05) is 18.2 Å². The monoisotopic (exact) mass is 276 g/mol. The van der Waals surface area contributed by atoms with Gasteiger partial charge in [-0.15, -0.1) is 0 Å². The van der Waals surface area contributed by atoms with Crippen LogP contribution in [-0.2, 0) is 4.74 Å². The number of benzene rings is 1. The Balaban J connectivity index is 1.96. The molecule has 0 amide bonds. The molecule has 0 unspecified atom stereocenters. The molecule has 0 saturated carbocycles. The largest absolute Gasteiger partial charge is 0.465 e. The van der Waals surface area contributed by atoms with Crippen LogP contribution in [0.25, 0.3) is 0 Å². The molecule has 1 aliphatic heterocycles. The molecule has 0 aromatic heterocycles. The van der Waals surface area contributed by atoms with E-state index in [1.165, 1.54) is 33.0 Å². The minimum absolute atomic E-state index is 0.285. The van der Waals surface area contributed by atoms with Gasteiger partial charge in [0.15, 0.2) is 0 Å². The number of ether oxygens (including phenoxy) is 1. The average Bonchev–Trinajstić information content (AvgIpc) is 2.47. The van der Waals surface area contributed by atoms with Crippen molar-refractivity contribution in [1.82, 2.24) is 4.90 Å². The van der Waals surface area contributed by atoms with Gasteiger partial charge < -0.3 is 15.0 Å². The van der Waals surface area contributed by atoms with Crippen molar-refractivity contribution in [3.63, 3.8) is 0 Å². The van der Waals surface area contributed by atoms with Gasteiger partial charge in [0.2, 0.25) is 0 Å². The van der Waals surface area contributed by atoms with Crippen LogP contribution in [0.3, 0.4) is 0 Å². The lowest BCUT2D eigenvalue weighted by atomic mass is 9.97. The Morgan fingerprint density at radius 3 is 2.75 bits per heavy atom. The molecule has 0 aliphatic carbocycles. The number of likely N-dealkylation sites (tertiary alicyclic amines) is 1. The average molecular weight is 276 g/mol. The summed E-state index contributed by atoms with van der Waals surface area (Å²) in [5.74, 6) is 0.430. The summed E-state index contributed by atoms with van der Waals surface area (Å²) in [7, 11) is 3.58. The molecule has 0 radical (unpaired) electrons. The van der Waals surface area contributed by atoms with Crippen LogP contribution in [0.2, 0.25) is 0 Å². The predicted octanol–water partition coefficient (Wildman–Crippen LogP) is 2.54. The van der Waals surface area contributed by atoms with Crippen molar-refractivity contribution in [2.45, 2.75) is 19.8 Å². The molecule has 20 heavy (non-hydrogen) atoms. The Morgan fingerprint density at radius 1 is 1.40 bits per heavy atom. The van der Waals surface area contributed by atoms with E-state index < -0.39 is 0 Å². The molecule has 4 heteroatoms. The number of rotatable bonds is 4. The Hall–Kier alpha value is -1.55. The number of carbonyl (C=O) groups excluding carboxylic acids is 1. The van der Waals surface area contributed by atoms with Crippen LogP contribution >= 0.6 is 0 Å². The summed E-state index contributed by atoms with van der Waals surface area (Å²) >= 11 is 0. The molecule has 1 N–H and O–H groups in total. The predicted molar refractivity (Wildman–Crippen MR) is 81.2 cm³/mol. The molecule has 110 valence electrons. The summed E-state index contributed by atoms with van der Waals surface area (Å²) in [5.41, 5.74) is 2.79. The molecule has 0 bridgehead atoms. The lowest BCUT2D eigenvalue weighted by molar-refractivity contribution is 0.0601. The highest BCUT2D eigenvalue weighted by molar-refractivity contribution is 5.90. The fourth-order valence-corrected chi connectivity index (χ4v) is 2.58. The van der Waals surface area contributed by atoms with Crippen LogP contribution in [-0.4, -0.2) is 44.7 Å². The van der Waals surface area contributed by atoms with Gasteiger partial charge in [0.05, 0.1) is 12.7 Å². The molecule has 1 saturated heterocycles. The third-order valence-electron chi connectivity index (χ3n) is 4.08. The summed E-state index contributed by atoms with van der Waals surface area (Å²) in [6.07, 6.45) is 2.47. The molecule has 4 nitrogen and oxygen atoms in total. The zero-order chi connectivity index (χ0) is 14.5. The van der Waals surface area contributed by atoms with Crippen molar-refractivity contribution in [2.75, 3.05) is 39.1 Å². The highest BCUT2D eigenvalue weighted by Gasteiger charge is 2.16. The molecule has 1 aromatic rings. The number of carbonyl (C=O) groups is 1. The molecule has 2 rings (SSSR count). The number of piperidine rings is 1. The van der Waals surface area contributed by atoms with E-state index in [4.69, 9.17) is 4.74 Å². The smallest absolute Gasteiger partial charge is 0.337 e. The number of anilines is 1. The van der Waals surface area contributed by atoms with Crippen LogP contribution in [0, 0.1) is 12.8 Å². The third kappa shape index (κ3) is 3.73. The fourth-order valence-electron chi connectivity index (χ4n) is 2.58. The summed E-state index contributed by atoms with van der Waals surface area (Å²) in [6, 6.07) is 5.65. The van der Waals surface area contributed by atoms with Gasteiger partial charge in [-0.1, -0.05) is 6.07 Å². The Morgan fingerprint density at radius 2 is 2.10 bits per heavy atom. The molecule has 1 aromatic carbocycles. The number of hydrogen-bond acceptors (Lipinski definition) is 4. The number of aryl methyl sites for hydroxylation is 1. The van der Waals surface area contributed by atoms with Crippen LogP contribution in [0.15, 0.2) is 18.2 Å². The first-order chi connectivity index (χ1) is 9.60. The van der Waals surface area contributed by atoms with Gasteiger partial charge in [0.25, 0.3) is 0 Å². The van der Waals surface area contributed by atoms with Crippen LogP contribution in [0.5, 0.6) is 0 Å². The van der Waals surface area contributed by atoms with E-state index in [9.17, 15) is 4.79 Å². The molecule has 0 atom stereocenters. The SMILES string of the molecule is COC(=O)c1ccc(C)c(NCC2CCN(C)CC2)c1. The Bertz CT molecular complexity index is 466. The van der Waals surface area contributed by atoms with Crippen molar-refractivity contribution >= 4 is 11.7 Å². The highest BCUT2D eigenvalue weighted by atomic mass is 16.5. The molecular formula is C16H24N2O2. The van der Waals surface area contributed by atoms with Crippen molar-refractivity contribution in [1.29, 1.82) is 0 Å². The summed E-state index contributed by atoms with van der Waals surface area (Å²) in [6.45, 7) is 5.37. The summed E-state index contributed by atoms with van der Waals surface area (Å²) < 4.78 is 4.77. The number of hydrogen-bond donors (Lipinski definition) is 1. The van der Waals surface area contributed by atoms with E-state index in [-0.39, 0.29) is 5.97 Å². The first kappa shape index (κ1) is 14.9. The number of esters is 1. The second-order valence-electron chi connectivity index (χ2n) is 5.65. The third-order valence-corrected chi connectivity index (χ3v) is 4.08. The number of nitrogens with zero attached hydrogens (tertiary/aromatic N) is 1. The highest BCUT2D eigenvalue weighted by Crippen LogP contribution is 2.21. The quantitative estimate of drug-likeness (QED) is 0.858. The van der Waals surface area contributed by atoms with E-state index in [1.54, 1.807) is 0 Å². The van der Waals surface area contributed by atoms with Crippen LogP contribution in [0.4, 0.5) is 5.69 Å². The van der Waals surface area contributed by atoms with Gasteiger partial charge >= 0.3 is 5.97 Å². The zero-order valence-corrected chi connectivity index (χ0v) is 12.6.